The molecular formula is C70H61N. The predicted molar refractivity (Wildman–Crippen MR) is 305 cm³/mol. The zero-order valence-corrected chi connectivity index (χ0v) is 42.4. The number of aryl methyl sites for hydroxylation is 1. The maximum atomic E-state index is 4.37. The van der Waals surface area contributed by atoms with Crippen molar-refractivity contribution in [2.24, 2.45) is 0 Å². The van der Waals surface area contributed by atoms with Gasteiger partial charge in [0.05, 0.1) is 0 Å². The van der Waals surface area contributed by atoms with Crippen molar-refractivity contribution in [3.8, 4) is 55.6 Å². The highest BCUT2D eigenvalue weighted by Crippen LogP contribution is 2.53. The van der Waals surface area contributed by atoms with Crippen LogP contribution in [0.5, 0.6) is 0 Å². The van der Waals surface area contributed by atoms with Crippen LogP contribution in [0, 0.1) is 13.8 Å². The predicted octanol–water partition coefficient (Wildman–Crippen LogP) is 19.4. The molecule has 0 aliphatic heterocycles. The Morgan fingerprint density at radius 2 is 0.930 bits per heavy atom. The highest BCUT2D eigenvalue weighted by atomic mass is 15.1. The molecule has 0 aromatic heterocycles. The van der Waals surface area contributed by atoms with E-state index in [-0.39, 0.29) is 10.8 Å². The molecule has 0 bridgehead atoms. The standard InChI is InChI=1S/C70H61N/c1-10-56(46(4)57(11-2)59-25-19-26-60(47(59)5)58-23-16-15-20-45(58)3)52-33-40-63-64-41-38-55(44-68(64)70(8,9)67(63)43-52)71(53-34-28-49(29-35-53)48-21-13-12-14-22-48)54-36-30-50(31-37-54)51-32-39-62-61-24-17-18-27-65(61)69(6,7)66(62)42-51/h10-44H,2H2,1,3-9H3/b56-10+,57-46+. The minimum atomic E-state index is -0.249. The normalized spacial score (nSPS) is 14.2. The van der Waals surface area contributed by atoms with E-state index >= 15 is 0 Å². The zero-order valence-electron chi connectivity index (χ0n) is 42.4. The Kier molecular flexibility index (Phi) is 11.4. The lowest BCUT2D eigenvalue weighted by molar-refractivity contribution is 0.660. The van der Waals surface area contributed by atoms with Gasteiger partial charge in [0.25, 0.3) is 0 Å². The van der Waals surface area contributed by atoms with Gasteiger partial charge in [-0.3, -0.25) is 0 Å². The molecule has 11 rings (SSSR count). The maximum Gasteiger partial charge on any atom is 0.0465 e. The van der Waals surface area contributed by atoms with Crippen LogP contribution in [0.25, 0.3) is 66.8 Å². The molecule has 2 aliphatic rings. The lowest BCUT2D eigenvalue weighted by atomic mass is 9.80. The molecule has 0 spiro atoms. The van der Waals surface area contributed by atoms with Crippen LogP contribution in [-0.2, 0) is 10.8 Å². The van der Waals surface area contributed by atoms with Crippen molar-refractivity contribution < 1.29 is 0 Å². The number of benzene rings is 9. The molecule has 0 N–H and O–H groups in total. The molecule has 0 saturated heterocycles. The molecule has 9 aromatic carbocycles. The van der Waals surface area contributed by atoms with E-state index in [0.717, 1.165) is 22.6 Å². The van der Waals surface area contributed by atoms with Crippen molar-refractivity contribution in [2.75, 3.05) is 4.90 Å². The number of allylic oxidation sites excluding steroid dienone is 5. The van der Waals surface area contributed by atoms with Gasteiger partial charge in [-0.25, -0.2) is 0 Å². The van der Waals surface area contributed by atoms with E-state index in [4.69, 9.17) is 0 Å². The first-order valence-corrected chi connectivity index (χ1v) is 25.2. The number of anilines is 3. The molecule has 0 heterocycles. The van der Waals surface area contributed by atoms with Crippen molar-refractivity contribution >= 4 is 28.2 Å². The molecule has 0 saturated carbocycles. The summed E-state index contributed by atoms with van der Waals surface area (Å²) in [5, 5.41) is 0. The lowest BCUT2D eigenvalue weighted by Gasteiger charge is -2.28. The van der Waals surface area contributed by atoms with Crippen LogP contribution in [0.1, 0.15) is 86.1 Å². The Hall–Kier alpha value is -8.00. The smallest absolute Gasteiger partial charge is 0.0465 e. The van der Waals surface area contributed by atoms with Crippen molar-refractivity contribution in [3.05, 3.63) is 269 Å². The van der Waals surface area contributed by atoms with Gasteiger partial charge in [0, 0.05) is 27.9 Å². The van der Waals surface area contributed by atoms with E-state index in [9.17, 15) is 0 Å². The molecule has 9 aromatic rings. The average Bonchev–Trinajstić information content (AvgIpc) is 3.76. The highest BCUT2D eigenvalue weighted by molar-refractivity contribution is 5.95. The largest absolute Gasteiger partial charge is 0.310 e. The molecular weight excluding hydrogens is 855 g/mol. The minimum Gasteiger partial charge on any atom is -0.310 e. The first kappa shape index (κ1) is 45.4. The van der Waals surface area contributed by atoms with Crippen LogP contribution in [0.15, 0.2) is 224 Å². The summed E-state index contributed by atoms with van der Waals surface area (Å²) in [7, 11) is 0. The van der Waals surface area contributed by atoms with Crippen molar-refractivity contribution in [2.45, 2.75) is 66.2 Å². The van der Waals surface area contributed by atoms with Crippen molar-refractivity contribution in [1.82, 2.24) is 0 Å². The molecule has 346 valence electrons. The summed E-state index contributed by atoms with van der Waals surface area (Å²) < 4.78 is 0. The van der Waals surface area contributed by atoms with Crippen LogP contribution in [0.2, 0.25) is 0 Å². The zero-order chi connectivity index (χ0) is 49.2. The molecule has 0 amide bonds. The number of nitrogens with zero attached hydrogens (tertiary/aromatic N) is 1. The van der Waals surface area contributed by atoms with Gasteiger partial charge in [0.1, 0.15) is 0 Å². The molecule has 0 radical (unpaired) electrons. The van der Waals surface area contributed by atoms with Crippen molar-refractivity contribution in [3.63, 3.8) is 0 Å². The number of rotatable bonds is 10. The Balaban J connectivity index is 0.953. The Morgan fingerprint density at radius 1 is 0.437 bits per heavy atom. The molecule has 71 heavy (non-hydrogen) atoms. The van der Waals surface area contributed by atoms with Gasteiger partial charge in [0.2, 0.25) is 0 Å². The Bertz CT molecular complexity index is 3610. The molecule has 0 unspecified atom stereocenters. The van der Waals surface area contributed by atoms with Gasteiger partial charge in [-0.05, 0) is 193 Å². The number of hydrogen-bond acceptors (Lipinski definition) is 1. The topological polar surface area (TPSA) is 3.24 Å². The van der Waals surface area contributed by atoms with Gasteiger partial charge >= 0.3 is 0 Å². The Morgan fingerprint density at radius 3 is 1.59 bits per heavy atom. The minimum absolute atomic E-state index is 0.0537. The molecule has 0 fully saturated rings. The van der Waals surface area contributed by atoms with Crippen LogP contribution >= 0.6 is 0 Å². The van der Waals surface area contributed by atoms with Gasteiger partial charge in [-0.1, -0.05) is 198 Å². The summed E-state index contributed by atoms with van der Waals surface area (Å²) in [5.74, 6) is 0. The van der Waals surface area contributed by atoms with E-state index in [1.165, 1.54) is 111 Å². The number of fused-ring (bicyclic) bond motifs is 6. The second-order valence-corrected chi connectivity index (χ2v) is 20.6. The second kappa shape index (κ2) is 17.8. The first-order valence-electron chi connectivity index (χ1n) is 25.2. The van der Waals surface area contributed by atoms with Crippen LogP contribution < -0.4 is 4.90 Å². The average molecular weight is 916 g/mol. The summed E-state index contributed by atoms with van der Waals surface area (Å²) >= 11 is 0. The third-order valence-corrected chi connectivity index (χ3v) is 15.9. The van der Waals surface area contributed by atoms with Crippen LogP contribution in [0.3, 0.4) is 0 Å². The van der Waals surface area contributed by atoms with E-state index in [2.05, 4.69) is 273 Å². The molecule has 1 nitrogen and oxygen atoms in total. The monoisotopic (exact) mass is 915 g/mol. The van der Waals surface area contributed by atoms with Gasteiger partial charge in [0.15, 0.2) is 0 Å². The van der Waals surface area contributed by atoms with E-state index < -0.39 is 0 Å². The summed E-state index contributed by atoms with van der Waals surface area (Å²) in [6.07, 6.45) is 4.31. The van der Waals surface area contributed by atoms with E-state index in [1.54, 1.807) is 0 Å². The van der Waals surface area contributed by atoms with Crippen LogP contribution in [0.4, 0.5) is 17.1 Å². The van der Waals surface area contributed by atoms with Gasteiger partial charge < -0.3 is 4.90 Å². The fourth-order valence-electron chi connectivity index (χ4n) is 11.9. The summed E-state index contributed by atoms with van der Waals surface area (Å²) in [5.41, 5.74) is 29.8. The van der Waals surface area contributed by atoms with Crippen LogP contribution in [-0.4, -0.2) is 0 Å². The highest BCUT2D eigenvalue weighted by Gasteiger charge is 2.37. The summed E-state index contributed by atoms with van der Waals surface area (Å²) in [4.78, 5) is 2.42. The second-order valence-electron chi connectivity index (χ2n) is 20.6. The first-order chi connectivity index (χ1) is 34.4. The molecule has 1 heteroatoms. The number of hydrogen-bond donors (Lipinski definition) is 0. The fraction of sp³-hybridized carbons (Fsp3) is 0.143. The van der Waals surface area contributed by atoms with E-state index in [0.29, 0.717) is 0 Å². The maximum absolute atomic E-state index is 4.37. The summed E-state index contributed by atoms with van der Waals surface area (Å²) in [6, 6.07) is 74.3. The molecule has 0 atom stereocenters. The lowest BCUT2D eigenvalue weighted by Crippen LogP contribution is -2.17. The quantitative estimate of drug-likeness (QED) is 0.124. The van der Waals surface area contributed by atoms with E-state index in [1.807, 2.05) is 6.08 Å². The fourth-order valence-corrected chi connectivity index (χ4v) is 11.9. The van der Waals surface area contributed by atoms with Gasteiger partial charge in [-0.2, -0.15) is 0 Å². The third-order valence-electron chi connectivity index (χ3n) is 15.9. The SMILES string of the molecule is C=C/C(=C(C)\C(=C/C)c1ccc2c(c1)C(C)(C)c1cc(N(c3ccc(-c4ccccc4)cc3)c3ccc(-c4ccc5c(c4)C(C)(C)c4ccccc4-5)cc3)ccc1-2)c1cccc(-c2ccccc2C)c1C. The Labute approximate surface area is 421 Å². The van der Waals surface area contributed by atoms with Crippen molar-refractivity contribution in [1.29, 1.82) is 0 Å². The third kappa shape index (κ3) is 7.63. The molecule has 2 aliphatic carbocycles. The van der Waals surface area contributed by atoms with Gasteiger partial charge in [-0.15, -0.1) is 0 Å². The summed E-state index contributed by atoms with van der Waals surface area (Å²) in [6.45, 7) is 22.7.